The molecule has 0 bridgehead atoms. The minimum Gasteiger partial charge on any atom is -0.497 e. The summed E-state index contributed by atoms with van der Waals surface area (Å²) in [5.74, 6) is 1.56. The van der Waals surface area contributed by atoms with Crippen LogP contribution in [0.5, 0.6) is 11.5 Å². The van der Waals surface area contributed by atoms with Crippen LogP contribution in [0.15, 0.2) is 23.6 Å². The Morgan fingerprint density at radius 1 is 1.16 bits per heavy atom. The van der Waals surface area contributed by atoms with Gasteiger partial charge in [0.05, 0.1) is 31.0 Å². The summed E-state index contributed by atoms with van der Waals surface area (Å²) in [6.45, 7) is 2.01. The summed E-state index contributed by atoms with van der Waals surface area (Å²) >= 11 is 1.65. The topological polar surface area (TPSA) is 43.4 Å². The molecule has 0 aliphatic carbocycles. The van der Waals surface area contributed by atoms with Crippen molar-refractivity contribution < 1.29 is 9.47 Å². The molecule has 1 N–H and O–H groups in total. The van der Waals surface area contributed by atoms with E-state index in [0.29, 0.717) is 0 Å². The van der Waals surface area contributed by atoms with Crippen molar-refractivity contribution in [3.05, 3.63) is 39.8 Å². The Hall–Kier alpha value is -1.59. The SMILES string of the molecule is CNC(c1cc(OC)cc(OC)c1)c1csc(C)n1. The first-order valence-electron chi connectivity index (χ1n) is 6.00. The van der Waals surface area contributed by atoms with Crippen LogP contribution in [0.25, 0.3) is 0 Å². The van der Waals surface area contributed by atoms with Crippen LogP contribution in [0.4, 0.5) is 0 Å². The van der Waals surface area contributed by atoms with Crippen LogP contribution in [0.3, 0.4) is 0 Å². The van der Waals surface area contributed by atoms with Crippen molar-refractivity contribution in [3.63, 3.8) is 0 Å². The van der Waals surface area contributed by atoms with E-state index in [1.54, 1.807) is 25.6 Å². The molecule has 19 heavy (non-hydrogen) atoms. The number of nitrogens with zero attached hydrogens (tertiary/aromatic N) is 1. The Labute approximate surface area is 117 Å². The van der Waals surface area contributed by atoms with Crippen molar-refractivity contribution in [1.82, 2.24) is 10.3 Å². The van der Waals surface area contributed by atoms with Crippen LogP contribution in [-0.4, -0.2) is 26.3 Å². The van der Waals surface area contributed by atoms with Gasteiger partial charge in [-0.25, -0.2) is 4.98 Å². The average Bonchev–Trinajstić information content (AvgIpc) is 2.85. The lowest BCUT2D eigenvalue weighted by atomic mass is 10.0. The number of methoxy groups -OCH3 is 2. The van der Waals surface area contributed by atoms with Gasteiger partial charge in [0.2, 0.25) is 0 Å². The van der Waals surface area contributed by atoms with E-state index in [4.69, 9.17) is 9.47 Å². The zero-order valence-electron chi connectivity index (χ0n) is 11.6. The second kappa shape index (κ2) is 6.04. The van der Waals surface area contributed by atoms with Gasteiger partial charge in [0.25, 0.3) is 0 Å². The molecule has 0 aliphatic heterocycles. The molecule has 1 atom stereocenters. The number of hydrogen-bond acceptors (Lipinski definition) is 5. The maximum Gasteiger partial charge on any atom is 0.122 e. The first-order valence-corrected chi connectivity index (χ1v) is 6.88. The first-order chi connectivity index (χ1) is 9.17. The summed E-state index contributed by atoms with van der Waals surface area (Å²) in [6, 6.07) is 5.90. The van der Waals surface area contributed by atoms with E-state index in [2.05, 4.69) is 15.7 Å². The number of rotatable bonds is 5. The highest BCUT2D eigenvalue weighted by atomic mass is 32.1. The largest absolute Gasteiger partial charge is 0.497 e. The van der Waals surface area contributed by atoms with Crippen molar-refractivity contribution >= 4 is 11.3 Å². The van der Waals surface area contributed by atoms with Gasteiger partial charge in [0.1, 0.15) is 11.5 Å². The molecule has 0 aliphatic rings. The van der Waals surface area contributed by atoms with Crippen molar-refractivity contribution in [1.29, 1.82) is 0 Å². The molecule has 5 heteroatoms. The molecule has 0 fully saturated rings. The maximum absolute atomic E-state index is 5.31. The molecule has 1 heterocycles. The fourth-order valence-corrected chi connectivity index (χ4v) is 2.63. The number of aryl methyl sites for hydroxylation is 1. The average molecular weight is 278 g/mol. The summed E-state index contributed by atoms with van der Waals surface area (Å²) < 4.78 is 10.6. The third kappa shape index (κ3) is 3.05. The molecular formula is C14H18N2O2S. The second-order valence-electron chi connectivity index (χ2n) is 4.16. The predicted molar refractivity (Wildman–Crippen MR) is 77.3 cm³/mol. The number of thiazole rings is 1. The van der Waals surface area contributed by atoms with Crippen LogP contribution in [-0.2, 0) is 0 Å². The van der Waals surface area contributed by atoms with Gasteiger partial charge in [0, 0.05) is 11.4 Å². The fraction of sp³-hybridized carbons (Fsp3) is 0.357. The maximum atomic E-state index is 5.31. The standard InChI is InChI=1S/C14H18N2O2S/c1-9-16-13(8-19-9)14(15-2)10-5-11(17-3)7-12(6-10)18-4/h5-8,14-15H,1-4H3. The Bertz CT molecular complexity index is 532. The lowest BCUT2D eigenvalue weighted by molar-refractivity contribution is 0.392. The van der Waals surface area contributed by atoms with E-state index in [1.807, 2.05) is 32.2 Å². The zero-order valence-corrected chi connectivity index (χ0v) is 12.4. The van der Waals surface area contributed by atoms with E-state index in [9.17, 15) is 0 Å². The van der Waals surface area contributed by atoms with Crippen LogP contribution >= 0.6 is 11.3 Å². The minimum absolute atomic E-state index is 0.0361. The van der Waals surface area contributed by atoms with Gasteiger partial charge in [0.15, 0.2) is 0 Å². The summed E-state index contributed by atoms with van der Waals surface area (Å²) in [5.41, 5.74) is 2.09. The van der Waals surface area contributed by atoms with Gasteiger partial charge in [-0.1, -0.05) is 0 Å². The Morgan fingerprint density at radius 2 is 1.79 bits per heavy atom. The highest BCUT2D eigenvalue weighted by molar-refractivity contribution is 7.09. The summed E-state index contributed by atoms with van der Waals surface area (Å²) in [7, 11) is 5.23. The monoisotopic (exact) mass is 278 g/mol. The Balaban J connectivity index is 2.42. The van der Waals surface area contributed by atoms with E-state index in [0.717, 1.165) is 27.8 Å². The van der Waals surface area contributed by atoms with Gasteiger partial charge in [-0.05, 0) is 31.7 Å². The van der Waals surface area contributed by atoms with E-state index in [1.165, 1.54) is 0 Å². The molecular weight excluding hydrogens is 260 g/mol. The van der Waals surface area contributed by atoms with Gasteiger partial charge in [-0.2, -0.15) is 0 Å². The molecule has 1 unspecified atom stereocenters. The molecule has 4 nitrogen and oxygen atoms in total. The molecule has 2 rings (SSSR count). The summed E-state index contributed by atoms with van der Waals surface area (Å²) in [6.07, 6.45) is 0. The summed E-state index contributed by atoms with van der Waals surface area (Å²) in [4.78, 5) is 4.54. The number of aromatic nitrogens is 1. The molecule has 0 radical (unpaired) electrons. The van der Waals surface area contributed by atoms with Crippen LogP contribution < -0.4 is 14.8 Å². The molecule has 0 amide bonds. The lowest BCUT2D eigenvalue weighted by Gasteiger charge is -2.16. The van der Waals surface area contributed by atoms with Gasteiger partial charge in [-0.15, -0.1) is 11.3 Å². The van der Waals surface area contributed by atoms with E-state index < -0.39 is 0 Å². The third-order valence-corrected chi connectivity index (χ3v) is 3.72. The molecule has 0 spiro atoms. The Kier molecular flexibility index (Phi) is 4.39. The number of hydrogen-bond donors (Lipinski definition) is 1. The smallest absolute Gasteiger partial charge is 0.122 e. The third-order valence-electron chi connectivity index (χ3n) is 2.93. The van der Waals surface area contributed by atoms with Crippen molar-refractivity contribution in [2.45, 2.75) is 13.0 Å². The number of ether oxygens (including phenoxy) is 2. The fourth-order valence-electron chi connectivity index (χ4n) is 1.99. The van der Waals surface area contributed by atoms with Crippen LogP contribution in [0.1, 0.15) is 22.3 Å². The number of benzene rings is 1. The van der Waals surface area contributed by atoms with Crippen molar-refractivity contribution in [2.75, 3.05) is 21.3 Å². The molecule has 1 aromatic heterocycles. The van der Waals surface area contributed by atoms with Gasteiger partial charge >= 0.3 is 0 Å². The highest BCUT2D eigenvalue weighted by Crippen LogP contribution is 2.30. The minimum atomic E-state index is 0.0361. The van der Waals surface area contributed by atoms with Crippen molar-refractivity contribution in [2.24, 2.45) is 0 Å². The predicted octanol–water partition coefficient (Wildman–Crippen LogP) is 2.78. The second-order valence-corrected chi connectivity index (χ2v) is 5.22. The lowest BCUT2D eigenvalue weighted by Crippen LogP contribution is -2.18. The molecule has 1 aromatic carbocycles. The molecule has 0 saturated carbocycles. The normalized spacial score (nSPS) is 12.2. The van der Waals surface area contributed by atoms with E-state index >= 15 is 0 Å². The van der Waals surface area contributed by atoms with Crippen LogP contribution in [0.2, 0.25) is 0 Å². The zero-order chi connectivity index (χ0) is 13.8. The quantitative estimate of drug-likeness (QED) is 0.913. The highest BCUT2D eigenvalue weighted by Gasteiger charge is 2.16. The van der Waals surface area contributed by atoms with Gasteiger partial charge in [-0.3, -0.25) is 0 Å². The molecule has 2 aromatic rings. The molecule has 0 saturated heterocycles. The van der Waals surface area contributed by atoms with E-state index in [-0.39, 0.29) is 6.04 Å². The number of nitrogens with one attached hydrogen (secondary N) is 1. The van der Waals surface area contributed by atoms with Gasteiger partial charge < -0.3 is 14.8 Å². The summed E-state index contributed by atoms with van der Waals surface area (Å²) in [5, 5.41) is 6.42. The Morgan fingerprint density at radius 3 is 2.21 bits per heavy atom. The van der Waals surface area contributed by atoms with Crippen LogP contribution in [0, 0.1) is 6.92 Å². The van der Waals surface area contributed by atoms with Crippen molar-refractivity contribution in [3.8, 4) is 11.5 Å². The molecule has 102 valence electrons. The first kappa shape index (κ1) is 13.8.